The lowest BCUT2D eigenvalue weighted by Gasteiger charge is -1.97. The van der Waals surface area contributed by atoms with Crippen LogP contribution in [0.3, 0.4) is 0 Å². The fourth-order valence-electron chi connectivity index (χ4n) is 1.08. The van der Waals surface area contributed by atoms with Gasteiger partial charge in [0.1, 0.15) is 12.0 Å². The number of rotatable bonds is 5. The molecule has 2 heterocycles. The van der Waals surface area contributed by atoms with Crippen molar-refractivity contribution in [1.82, 2.24) is 20.1 Å². The predicted molar refractivity (Wildman–Crippen MR) is 55.7 cm³/mol. The van der Waals surface area contributed by atoms with Crippen molar-refractivity contribution >= 4 is 6.01 Å². The normalized spacial score (nSPS) is 10.3. The van der Waals surface area contributed by atoms with E-state index in [1.807, 2.05) is 0 Å². The summed E-state index contributed by atoms with van der Waals surface area (Å²) >= 11 is 0. The summed E-state index contributed by atoms with van der Waals surface area (Å²) in [7, 11) is 1.63. The molecule has 0 saturated heterocycles. The molecule has 0 saturated carbocycles. The van der Waals surface area contributed by atoms with Crippen LogP contribution in [-0.2, 0) is 4.74 Å². The van der Waals surface area contributed by atoms with Crippen LogP contribution in [0, 0.1) is 0 Å². The standard InChI is InChI=1S/C9H11N5O2/c1-15-5-4-11-9-13-8(14-16-9)7-2-3-10-6-12-7/h2-3,6H,4-5H2,1H3,(H,11,13,14). The van der Waals surface area contributed by atoms with Gasteiger partial charge in [0.2, 0.25) is 5.82 Å². The number of hydrogen-bond acceptors (Lipinski definition) is 7. The van der Waals surface area contributed by atoms with E-state index in [0.29, 0.717) is 30.7 Å². The summed E-state index contributed by atoms with van der Waals surface area (Å²) in [5.41, 5.74) is 0.624. The SMILES string of the molecule is COCCNc1nc(-c2ccncn2)no1. The Labute approximate surface area is 91.9 Å². The highest BCUT2D eigenvalue weighted by molar-refractivity contribution is 5.48. The molecule has 7 heteroatoms. The molecule has 2 rings (SSSR count). The second kappa shape index (κ2) is 5.17. The van der Waals surface area contributed by atoms with Crippen molar-refractivity contribution in [3.05, 3.63) is 18.6 Å². The topological polar surface area (TPSA) is 86.0 Å². The lowest BCUT2D eigenvalue weighted by atomic mass is 10.4. The van der Waals surface area contributed by atoms with E-state index in [1.165, 1.54) is 6.33 Å². The van der Waals surface area contributed by atoms with Gasteiger partial charge in [-0.3, -0.25) is 0 Å². The van der Waals surface area contributed by atoms with Crippen LogP contribution in [0.2, 0.25) is 0 Å². The molecule has 84 valence electrons. The second-order valence-electron chi connectivity index (χ2n) is 2.94. The van der Waals surface area contributed by atoms with E-state index in [2.05, 4.69) is 25.4 Å². The van der Waals surface area contributed by atoms with Crippen molar-refractivity contribution in [2.24, 2.45) is 0 Å². The minimum absolute atomic E-state index is 0.352. The molecule has 0 fully saturated rings. The van der Waals surface area contributed by atoms with Gasteiger partial charge in [-0.05, 0) is 6.07 Å². The summed E-state index contributed by atoms with van der Waals surface area (Å²) in [6.07, 6.45) is 3.06. The first-order valence-electron chi connectivity index (χ1n) is 4.73. The summed E-state index contributed by atoms with van der Waals surface area (Å²) < 4.78 is 9.86. The lowest BCUT2D eigenvalue weighted by molar-refractivity contribution is 0.210. The van der Waals surface area contributed by atoms with Gasteiger partial charge in [-0.15, -0.1) is 0 Å². The van der Waals surface area contributed by atoms with E-state index in [0.717, 1.165) is 0 Å². The number of aromatic nitrogens is 4. The average Bonchev–Trinajstić information content (AvgIpc) is 2.79. The number of anilines is 1. The summed E-state index contributed by atoms with van der Waals surface area (Å²) in [6.45, 7) is 1.19. The quantitative estimate of drug-likeness (QED) is 0.739. The molecule has 0 aliphatic heterocycles. The fraction of sp³-hybridized carbons (Fsp3) is 0.333. The minimum Gasteiger partial charge on any atom is -0.383 e. The van der Waals surface area contributed by atoms with Crippen molar-refractivity contribution in [3.8, 4) is 11.5 Å². The Hall–Kier alpha value is -2.02. The highest BCUT2D eigenvalue weighted by atomic mass is 16.5. The predicted octanol–water partition coefficient (Wildman–Crippen LogP) is 0.585. The molecule has 0 spiro atoms. The Bertz CT molecular complexity index is 430. The molecule has 2 aromatic rings. The first-order valence-corrected chi connectivity index (χ1v) is 4.73. The highest BCUT2D eigenvalue weighted by Gasteiger charge is 2.08. The molecular weight excluding hydrogens is 210 g/mol. The third-order valence-electron chi connectivity index (χ3n) is 1.82. The first-order chi connectivity index (χ1) is 7.90. The summed E-state index contributed by atoms with van der Waals surface area (Å²) in [4.78, 5) is 11.9. The third kappa shape index (κ3) is 2.51. The molecule has 0 aromatic carbocycles. The van der Waals surface area contributed by atoms with Gasteiger partial charge in [-0.1, -0.05) is 5.16 Å². The second-order valence-corrected chi connectivity index (χ2v) is 2.94. The van der Waals surface area contributed by atoms with Gasteiger partial charge < -0.3 is 14.6 Å². The summed E-state index contributed by atoms with van der Waals surface area (Å²) in [5, 5.41) is 6.71. The molecule has 0 bridgehead atoms. The molecule has 0 amide bonds. The van der Waals surface area contributed by atoms with Crippen LogP contribution >= 0.6 is 0 Å². The molecule has 0 radical (unpaired) electrons. The zero-order valence-corrected chi connectivity index (χ0v) is 8.75. The average molecular weight is 221 g/mol. The van der Waals surface area contributed by atoms with Gasteiger partial charge in [0, 0.05) is 19.9 Å². The van der Waals surface area contributed by atoms with Gasteiger partial charge in [-0.25, -0.2) is 9.97 Å². The molecule has 1 N–H and O–H groups in total. The van der Waals surface area contributed by atoms with Crippen LogP contribution in [0.15, 0.2) is 23.1 Å². The maximum atomic E-state index is 4.98. The van der Waals surface area contributed by atoms with E-state index in [4.69, 9.17) is 9.26 Å². The number of hydrogen-bond donors (Lipinski definition) is 1. The molecule has 0 unspecified atom stereocenters. The minimum atomic E-state index is 0.352. The summed E-state index contributed by atoms with van der Waals surface area (Å²) in [5.74, 6) is 0.433. The Kier molecular flexibility index (Phi) is 3.39. The molecule has 0 atom stereocenters. The van der Waals surface area contributed by atoms with Gasteiger partial charge >= 0.3 is 6.01 Å². The van der Waals surface area contributed by atoms with E-state index in [9.17, 15) is 0 Å². The first kappa shape index (κ1) is 10.5. The Morgan fingerprint density at radius 3 is 3.19 bits per heavy atom. The van der Waals surface area contributed by atoms with Crippen LogP contribution in [0.1, 0.15) is 0 Å². The number of nitrogens with zero attached hydrogens (tertiary/aromatic N) is 4. The van der Waals surface area contributed by atoms with E-state index in [1.54, 1.807) is 19.4 Å². The third-order valence-corrected chi connectivity index (χ3v) is 1.82. The molecule has 0 aliphatic carbocycles. The monoisotopic (exact) mass is 221 g/mol. The largest absolute Gasteiger partial charge is 0.383 e. The van der Waals surface area contributed by atoms with Crippen LogP contribution in [0.5, 0.6) is 0 Å². The Balaban J connectivity index is 2.02. The van der Waals surface area contributed by atoms with Crippen LogP contribution in [-0.4, -0.2) is 40.4 Å². The zero-order valence-electron chi connectivity index (χ0n) is 8.75. The maximum absolute atomic E-state index is 4.98. The molecule has 16 heavy (non-hydrogen) atoms. The molecule has 2 aromatic heterocycles. The molecule has 7 nitrogen and oxygen atoms in total. The van der Waals surface area contributed by atoms with Crippen molar-refractivity contribution in [3.63, 3.8) is 0 Å². The maximum Gasteiger partial charge on any atom is 0.321 e. The van der Waals surface area contributed by atoms with Gasteiger partial charge in [0.05, 0.1) is 6.61 Å². The Morgan fingerprint density at radius 2 is 2.44 bits per heavy atom. The number of methoxy groups -OCH3 is 1. The Morgan fingerprint density at radius 1 is 1.50 bits per heavy atom. The number of ether oxygens (including phenoxy) is 1. The van der Waals surface area contributed by atoms with Crippen molar-refractivity contribution in [1.29, 1.82) is 0 Å². The fourth-order valence-corrected chi connectivity index (χ4v) is 1.08. The zero-order chi connectivity index (χ0) is 11.2. The molecular formula is C9H11N5O2. The lowest BCUT2D eigenvalue weighted by Crippen LogP contribution is -2.07. The van der Waals surface area contributed by atoms with Crippen LogP contribution in [0.25, 0.3) is 11.5 Å². The summed E-state index contributed by atoms with van der Waals surface area (Å²) in [6, 6.07) is 2.06. The van der Waals surface area contributed by atoms with Gasteiger partial charge in [0.15, 0.2) is 0 Å². The van der Waals surface area contributed by atoms with Crippen molar-refractivity contribution in [2.45, 2.75) is 0 Å². The molecule has 0 aliphatic rings. The highest BCUT2D eigenvalue weighted by Crippen LogP contribution is 2.13. The van der Waals surface area contributed by atoms with E-state index < -0.39 is 0 Å². The van der Waals surface area contributed by atoms with Crippen LogP contribution in [0.4, 0.5) is 6.01 Å². The van der Waals surface area contributed by atoms with Gasteiger partial charge in [0.25, 0.3) is 0 Å². The van der Waals surface area contributed by atoms with Crippen molar-refractivity contribution in [2.75, 3.05) is 25.6 Å². The number of nitrogens with one attached hydrogen (secondary N) is 1. The van der Waals surface area contributed by atoms with Crippen molar-refractivity contribution < 1.29 is 9.26 Å². The van der Waals surface area contributed by atoms with E-state index in [-0.39, 0.29) is 0 Å². The van der Waals surface area contributed by atoms with E-state index >= 15 is 0 Å². The smallest absolute Gasteiger partial charge is 0.321 e. The van der Waals surface area contributed by atoms with Crippen LogP contribution < -0.4 is 5.32 Å². The van der Waals surface area contributed by atoms with Gasteiger partial charge in [-0.2, -0.15) is 4.98 Å².